The number of ether oxygens (including phenoxy) is 1. The van der Waals surface area contributed by atoms with Gasteiger partial charge in [-0.2, -0.15) is 4.31 Å². The van der Waals surface area contributed by atoms with Crippen LogP contribution < -0.4 is 10.1 Å². The van der Waals surface area contributed by atoms with Crippen LogP contribution >= 0.6 is 0 Å². The Hall–Kier alpha value is -3.05. The molecule has 162 valence electrons. The summed E-state index contributed by atoms with van der Waals surface area (Å²) >= 11 is 0. The van der Waals surface area contributed by atoms with E-state index in [0.717, 1.165) is 22.4 Å². The summed E-state index contributed by atoms with van der Waals surface area (Å²) < 4.78 is 46.6. The minimum absolute atomic E-state index is 0.254. The van der Waals surface area contributed by atoms with Gasteiger partial charge in [-0.15, -0.1) is 10.2 Å². The van der Waals surface area contributed by atoms with Crippen LogP contribution in [0.3, 0.4) is 0 Å². The lowest BCUT2D eigenvalue weighted by Gasteiger charge is -2.24. The van der Waals surface area contributed by atoms with E-state index in [1.165, 1.54) is 16.6 Å². The zero-order chi connectivity index (χ0) is 21.6. The molecule has 0 bridgehead atoms. The summed E-state index contributed by atoms with van der Waals surface area (Å²) in [6, 6.07) is 3.08. The van der Waals surface area contributed by atoms with Crippen molar-refractivity contribution in [1.82, 2.24) is 23.9 Å². The van der Waals surface area contributed by atoms with Gasteiger partial charge in [0.1, 0.15) is 17.9 Å². The Morgan fingerprint density at radius 3 is 2.94 bits per heavy atom. The Labute approximate surface area is 178 Å². The maximum atomic E-state index is 14.4. The SMILES string of the molecule is CS(=O)(=O)N1CC=C(c2cnc(NCc3c(F)ccc4c3CCO4)n3cnnc23)CC1. The molecule has 0 unspecified atom stereocenters. The minimum atomic E-state index is -3.22. The van der Waals surface area contributed by atoms with Gasteiger partial charge in [-0.05, 0) is 24.1 Å². The molecule has 0 atom stereocenters. The van der Waals surface area contributed by atoms with Crippen molar-refractivity contribution in [1.29, 1.82) is 0 Å². The molecular weight excluding hydrogens is 423 g/mol. The van der Waals surface area contributed by atoms with Crippen LogP contribution in [0.4, 0.5) is 10.3 Å². The molecule has 0 saturated carbocycles. The fraction of sp³-hybridized carbons (Fsp3) is 0.350. The summed E-state index contributed by atoms with van der Waals surface area (Å²) in [7, 11) is -3.22. The maximum Gasteiger partial charge on any atom is 0.211 e. The van der Waals surface area contributed by atoms with Crippen molar-refractivity contribution in [2.24, 2.45) is 0 Å². The average Bonchev–Trinajstić information content (AvgIpc) is 3.42. The average molecular weight is 444 g/mol. The predicted molar refractivity (Wildman–Crippen MR) is 113 cm³/mol. The Kier molecular flexibility index (Phi) is 4.86. The Bertz CT molecular complexity index is 1300. The molecule has 0 fully saturated rings. The molecule has 5 rings (SSSR count). The Morgan fingerprint density at radius 2 is 2.16 bits per heavy atom. The fourth-order valence-electron chi connectivity index (χ4n) is 4.05. The zero-order valence-electron chi connectivity index (χ0n) is 16.9. The zero-order valence-corrected chi connectivity index (χ0v) is 17.7. The van der Waals surface area contributed by atoms with Crippen LogP contribution in [0.25, 0.3) is 11.2 Å². The number of hydrogen-bond donors (Lipinski definition) is 1. The molecule has 2 aliphatic rings. The van der Waals surface area contributed by atoms with Gasteiger partial charge in [0.05, 0.1) is 12.9 Å². The first kappa shape index (κ1) is 19.9. The number of hydrogen-bond acceptors (Lipinski definition) is 7. The van der Waals surface area contributed by atoms with Crippen molar-refractivity contribution in [3.63, 3.8) is 0 Å². The third-order valence-corrected chi connectivity index (χ3v) is 6.95. The number of nitrogens with zero attached hydrogens (tertiary/aromatic N) is 5. The van der Waals surface area contributed by atoms with Crippen LogP contribution in [-0.2, 0) is 23.0 Å². The molecule has 0 spiro atoms. The van der Waals surface area contributed by atoms with E-state index in [9.17, 15) is 12.8 Å². The second kappa shape index (κ2) is 7.57. The molecule has 1 N–H and O–H groups in total. The van der Waals surface area contributed by atoms with E-state index >= 15 is 0 Å². The van der Waals surface area contributed by atoms with E-state index in [4.69, 9.17) is 4.74 Å². The molecular formula is C20H21FN6O3S. The van der Waals surface area contributed by atoms with E-state index in [0.29, 0.717) is 49.7 Å². The van der Waals surface area contributed by atoms with Crippen LogP contribution in [0, 0.1) is 5.82 Å². The van der Waals surface area contributed by atoms with Crippen molar-refractivity contribution in [3.8, 4) is 5.75 Å². The molecule has 2 aliphatic heterocycles. The molecule has 11 heteroatoms. The highest BCUT2D eigenvalue weighted by atomic mass is 32.2. The van der Waals surface area contributed by atoms with Gasteiger partial charge in [0.25, 0.3) is 0 Å². The molecule has 1 aromatic carbocycles. The molecule has 9 nitrogen and oxygen atoms in total. The van der Waals surface area contributed by atoms with Gasteiger partial charge >= 0.3 is 0 Å². The van der Waals surface area contributed by atoms with Gasteiger partial charge in [-0.25, -0.2) is 17.8 Å². The first-order valence-corrected chi connectivity index (χ1v) is 11.8. The first-order chi connectivity index (χ1) is 14.9. The molecule has 4 heterocycles. The maximum absolute atomic E-state index is 14.4. The number of benzene rings is 1. The van der Waals surface area contributed by atoms with E-state index in [-0.39, 0.29) is 12.4 Å². The summed E-state index contributed by atoms with van der Waals surface area (Å²) in [5.74, 6) is 0.938. The highest BCUT2D eigenvalue weighted by Gasteiger charge is 2.23. The van der Waals surface area contributed by atoms with E-state index in [2.05, 4.69) is 20.5 Å². The largest absolute Gasteiger partial charge is 0.493 e. The third kappa shape index (κ3) is 3.63. The van der Waals surface area contributed by atoms with Crippen LogP contribution in [-0.4, -0.2) is 58.3 Å². The van der Waals surface area contributed by atoms with Gasteiger partial charge in [0, 0.05) is 48.9 Å². The molecule has 0 amide bonds. The first-order valence-electron chi connectivity index (χ1n) is 9.92. The summed E-state index contributed by atoms with van der Waals surface area (Å²) in [6.45, 7) is 1.53. The van der Waals surface area contributed by atoms with E-state index in [1.54, 1.807) is 23.0 Å². The van der Waals surface area contributed by atoms with E-state index in [1.807, 2.05) is 6.08 Å². The third-order valence-electron chi connectivity index (χ3n) is 5.68. The minimum Gasteiger partial charge on any atom is -0.493 e. The number of anilines is 1. The van der Waals surface area contributed by atoms with Crippen LogP contribution in [0.15, 0.2) is 30.7 Å². The van der Waals surface area contributed by atoms with Gasteiger partial charge < -0.3 is 10.1 Å². The van der Waals surface area contributed by atoms with Gasteiger partial charge in [0.2, 0.25) is 16.0 Å². The fourth-order valence-corrected chi connectivity index (χ4v) is 4.82. The smallest absolute Gasteiger partial charge is 0.211 e. The number of sulfonamides is 1. The van der Waals surface area contributed by atoms with Crippen molar-refractivity contribution in [3.05, 3.63) is 53.2 Å². The van der Waals surface area contributed by atoms with Crippen LogP contribution in [0.1, 0.15) is 23.1 Å². The molecule has 31 heavy (non-hydrogen) atoms. The normalized spacial score (nSPS) is 16.8. The monoisotopic (exact) mass is 444 g/mol. The van der Waals surface area contributed by atoms with Crippen molar-refractivity contribution < 1.29 is 17.5 Å². The number of fused-ring (bicyclic) bond motifs is 2. The van der Waals surface area contributed by atoms with Crippen LogP contribution in [0.2, 0.25) is 0 Å². The van der Waals surface area contributed by atoms with Gasteiger partial charge in [0.15, 0.2) is 5.65 Å². The number of nitrogens with one attached hydrogen (secondary N) is 1. The Balaban J connectivity index is 1.42. The summed E-state index contributed by atoms with van der Waals surface area (Å²) in [4.78, 5) is 4.51. The Morgan fingerprint density at radius 1 is 1.29 bits per heavy atom. The topological polar surface area (TPSA) is 102 Å². The molecule has 0 saturated heterocycles. The standard InChI is InChI=1S/C20H21FN6O3S/c1-31(28,29)26-7-4-13(5-8-26)15-10-22-20(27-12-24-25-19(15)27)23-11-16-14-6-9-30-18(14)3-2-17(16)21/h2-4,10,12H,5-9,11H2,1H3,(H,22,23). The number of rotatable bonds is 5. The lowest BCUT2D eigenvalue weighted by atomic mass is 10.0. The lowest BCUT2D eigenvalue weighted by Crippen LogP contribution is -2.33. The second-order valence-electron chi connectivity index (χ2n) is 7.58. The van der Waals surface area contributed by atoms with Crippen molar-refractivity contribution in [2.45, 2.75) is 19.4 Å². The van der Waals surface area contributed by atoms with Crippen molar-refractivity contribution in [2.75, 3.05) is 31.3 Å². The summed E-state index contributed by atoms with van der Waals surface area (Å²) in [6.07, 6.45) is 7.58. The van der Waals surface area contributed by atoms with Gasteiger partial charge in [-0.3, -0.25) is 4.40 Å². The van der Waals surface area contributed by atoms with E-state index < -0.39 is 10.0 Å². The quantitative estimate of drug-likeness (QED) is 0.641. The summed E-state index contributed by atoms with van der Waals surface area (Å²) in [5, 5.41) is 11.4. The molecule has 0 aliphatic carbocycles. The number of halogens is 1. The second-order valence-corrected chi connectivity index (χ2v) is 9.56. The molecule has 2 aromatic heterocycles. The summed E-state index contributed by atoms with van der Waals surface area (Å²) in [5.41, 5.74) is 3.83. The van der Waals surface area contributed by atoms with Gasteiger partial charge in [-0.1, -0.05) is 6.08 Å². The van der Waals surface area contributed by atoms with Crippen molar-refractivity contribution >= 4 is 27.2 Å². The molecule has 0 radical (unpaired) electrons. The predicted octanol–water partition coefficient (Wildman–Crippen LogP) is 1.86. The number of aromatic nitrogens is 4. The highest BCUT2D eigenvalue weighted by Crippen LogP contribution is 2.31. The lowest BCUT2D eigenvalue weighted by molar-refractivity contribution is 0.356. The molecule has 3 aromatic rings. The highest BCUT2D eigenvalue weighted by molar-refractivity contribution is 7.88. The van der Waals surface area contributed by atoms with Crippen LogP contribution in [0.5, 0.6) is 5.75 Å².